The van der Waals surface area contributed by atoms with E-state index < -0.39 is 5.97 Å². The van der Waals surface area contributed by atoms with Crippen molar-refractivity contribution in [2.75, 3.05) is 37.6 Å². The molecule has 0 unspecified atom stereocenters. The first-order valence-corrected chi connectivity index (χ1v) is 8.84. The number of carboxylic acids is 1. The fourth-order valence-corrected chi connectivity index (χ4v) is 2.73. The fourth-order valence-electron chi connectivity index (χ4n) is 2.73. The van der Waals surface area contributed by atoms with E-state index in [-0.39, 0.29) is 31.1 Å². The number of hydrogen-bond donors (Lipinski definition) is 2. The number of unbranched alkanes of at least 4 members (excludes halogenated alkanes) is 1. The van der Waals surface area contributed by atoms with Gasteiger partial charge in [-0.3, -0.25) is 14.4 Å². The van der Waals surface area contributed by atoms with E-state index in [0.29, 0.717) is 51.5 Å². The summed E-state index contributed by atoms with van der Waals surface area (Å²) in [5, 5.41) is 11.2. The van der Waals surface area contributed by atoms with Crippen LogP contribution in [0.1, 0.15) is 32.1 Å². The van der Waals surface area contributed by atoms with Crippen LogP contribution in [0.5, 0.6) is 0 Å². The summed E-state index contributed by atoms with van der Waals surface area (Å²) in [4.78, 5) is 46.5. The van der Waals surface area contributed by atoms with E-state index in [2.05, 4.69) is 15.3 Å². The van der Waals surface area contributed by atoms with Gasteiger partial charge in [-0.2, -0.15) is 0 Å². The minimum atomic E-state index is -0.852. The number of nitrogens with zero attached hydrogens (tertiary/aromatic N) is 4. The highest BCUT2D eigenvalue weighted by Gasteiger charge is 2.22. The van der Waals surface area contributed by atoms with Gasteiger partial charge in [-0.15, -0.1) is 0 Å². The Labute approximate surface area is 152 Å². The van der Waals surface area contributed by atoms with E-state index in [9.17, 15) is 14.4 Å². The van der Waals surface area contributed by atoms with Crippen molar-refractivity contribution in [2.24, 2.45) is 0 Å². The summed E-state index contributed by atoms with van der Waals surface area (Å²) in [6.07, 6.45) is 5.05. The summed E-state index contributed by atoms with van der Waals surface area (Å²) in [5.41, 5.74) is 0. The molecule has 0 aliphatic carbocycles. The molecule has 2 N–H and O–H groups in total. The predicted molar refractivity (Wildman–Crippen MR) is 94.6 cm³/mol. The molecule has 0 atom stereocenters. The summed E-state index contributed by atoms with van der Waals surface area (Å²) in [6, 6.07) is 1.77. The second-order valence-electron chi connectivity index (χ2n) is 6.12. The number of rotatable bonds is 9. The maximum atomic E-state index is 12.2. The molecule has 0 saturated carbocycles. The highest BCUT2D eigenvalue weighted by Crippen LogP contribution is 2.10. The van der Waals surface area contributed by atoms with Crippen molar-refractivity contribution in [2.45, 2.75) is 32.1 Å². The molecule has 9 nitrogen and oxygen atoms in total. The van der Waals surface area contributed by atoms with E-state index in [1.165, 1.54) is 0 Å². The lowest BCUT2D eigenvalue weighted by molar-refractivity contribution is -0.137. The average Bonchev–Trinajstić information content (AvgIpc) is 2.66. The molecule has 1 aliphatic heterocycles. The van der Waals surface area contributed by atoms with Gasteiger partial charge in [-0.25, -0.2) is 9.97 Å². The van der Waals surface area contributed by atoms with E-state index in [1.807, 2.05) is 4.90 Å². The molecule has 1 aromatic heterocycles. The lowest BCUT2D eigenvalue weighted by Gasteiger charge is -2.34. The van der Waals surface area contributed by atoms with Crippen LogP contribution in [0.25, 0.3) is 0 Å². The second kappa shape index (κ2) is 10.3. The molecule has 26 heavy (non-hydrogen) atoms. The average molecular weight is 363 g/mol. The molecule has 0 aromatic carbocycles. The highest BCUT2D eigenvalue weighted by molar-refractivity contribution is 5.79. The zero-order chi connectivity index (χ0) is 18.8. The van der Waals surface area contributed by atoms with Gasteiger partial charge >= 0.3 is 5.97 Å². The molecule has 0 spiro atoms. The van der Waals surface area contributed by atoms with Crippen LogP contribution in [0.3, 0.4) is 0 Å². The van der Waals surface area contributed by atoms with Gasteiger partial charge in [-0.1, -0.05) is 0 Å². The number of carboxylic acid groups (broad SMARTS) is 1. The number of amides is 2. The normalized spacial score (nSPS) is 14.2. The number of carbonyl (C=O) groups is 3. The second-order valence-corrected chi connectivity index (χ2v) is 6.12. The Kier molecular flexibility index (Phi) is 7.78. The van der Waals surface area contributed by atoms with Crippen LogP contribution in [0.2, 0.25) is 0 Å². The van der Waals surface area contributed by atoms with E-state index in [1.54, 1.807) is 23.4 Å². The number of piperazine rings is 1. The van der Waals surface area contributed by atoms with Crippen molar-refractivity contribution >= 4 is 23.7 Å². The summed E-state index contributed by atoms with van der Waals surface area (Å²) < 4.78 is 0. The maximum Gasteiger partial charge on any atom is 0.303 e. The van der Waals surface area contributed by atoms with Gasteiger partial charge in [0.05, 0.1) is 0 Å². The quantitative estimate of drug-likeness (QED) is 0.605. The summed E-state index contributed by atoms with van der Waals surface area (Å²) in [5.74, 6) is -0.302. The fraction of sp³-hybridized carbons (Fsp3) is 0.588. The standard InChI is InChI=1S/C17H25N5O4/c23-14(4-1-2-5-16(25)26)18-9-6-15(24)21-10-12-22(13-11-21)17-19-7-3-8-20-17/h3,7-8H,1-2,4-6,9-13H2,(H,18,23)(H,25,26). The van der Waals surface area contributed by atoms with Crippen LogP contribution in [0.4, 0.5) is 5.95 Å². The van der Waals surface area contributed by atoms with Crippen molar-refractivity contribution in [3.8, 4) is 0 Å². The van der Waals surface area contributed by atoms with Crippen molar-refractivity contribution < 1.29 is 19.5 Å². The smallest absolute Gasteiger partial charge is 0.303 e. The van der Waals surface area contributed by atoms with Crippen molar-refractivity contribution in [1.29, 1.82) is 0 Å². The van der Waals surface area contributed by atoms with E-state index in [0.717, 1.165) is 0 Å². The van der Waals surface area contributed by atoms with Crippen LogP contribution in [0, 0.1) is 0 Å². The number of anilines is 1. The maximum absolute atomic E-state index is 12.2. The Morgan fingerprint density at radius 2 is 1.65 bits per heavy atom. The molecule has 0 bridgehead atoms. The minimum absolute atomic E-state index is 0.0183. The van der Waals surface area contributed by atoms with Crippen molar-refractivity contribution in [1.82, 2.24) is 20.2 Å². The number of hydrogen-bond acceptors (Lipinski definition) is 6. The Balaban J connectivity index is 1.59. The molecule has 2 amide bonds. The monoisotopic (exact) mass is 363 g/mol. The number of carbonyl (C=O) groups excluding carboxylic acids is 2. The van der Waals surface area contributed by atoms with Crippen LogP contribution < -0.4 is 10.2 Å². The molecule has 1 saturated heterocycles. The molecule has 142 valence electrons. The van der Waals surface area contributed by atoms with Crippen LogP contribution in [0.15, 0.2) is 18.5 Å². The third kappa shape index (κ3) is 6.66. The molecule has 1 fully saturated rings. The van der Waals surface area contributed by atoms with E-state index >= 15 is 0 Å². The zero-order valence-electron chi connectivity index (χ0n) is 14.8. The van der Waals surface area contributed by atoms with Crippen molar-refractivity contribution in [3.05, 3.63) is 18.5 Å². The van der Waals surface area contributed by atoms with Gasteiger partial charge in [0, 0.05) is 64.4 Å². The first kappa shape index (κ1) is 19.6. The highest BCUT2D eigenvalue weighted by atomic mass is 16.4. The van der Waals surface area contributed by atoms with Gasteiger partial charge in [-0.05, 0) is 18.9 Å². The lowest BCUT2D eigenvalue weighted by atomic mass is 10.2. The third-order valence-corrected chi connectivity index (χ3v) is 4.17. The minimum Gasteiger partial charge on any atom is -0.481 e. The Morgan fingerprint density at radius 1 is 1.00 bits per heavy atom. The molecule has 2 heterocycles. The summed E-state index contributed by atoms with van der Waals surface area (Å²) in [6.45, 7) is 2.90. The Morgan fingerprint density at radius 3 is 2.31 bits per heavy atom. The van der Waals surface area contributed by atoms with Gasteiger partial charge in [0.25, 0.3) is 0 Å². The van der Waals surface area contributed by atoms with Crippen LogP contribution in [-0.4, -0.2) is 70.5 Å². The molecule has 0 radical (unpaired) electrons. The Bertz CT molecular complexity index is 602. The largest absolute Gasteiger partial charge is 0.481 e. The van der Waals surface area contributed by atoms with Crippen LogP contribution >= 0.6 is 0 Å². The van der Waals surface area contributed by atoms with Gasteiger partial charge in [0.1, 0.15) is 0 Å². The Hall–Kier alpha value is -2.71. The zero-order valence-corrected chi connectivity index (χ0v) is 14.8. The first-order valence-electron chi connectivity index (χ1n) is 8.84. The third-order valence-electron chi connectivity index (χ3n) is 4.17. The lowest BCUT2D eigenvalue weighted by Crippen LogP contribution is -2.49. The van der Waals surface area contributed by atoms with Crippen LogP contribution in [-0.2, 0) is 14.4 Å². The molecular formula is C17H25N5O4. The van der Waals surface area contributed by atoms with Gasteiger partial charge < -0.3 is 20.2 Å². The molecule has 1 aliphatic rings. The number of nitrogens with one attached hydrogen (secondary N) is 1. The first-order chi connectivity index (χ1) is 12.6. The predicted octanol–water partition coefficient (Wildman–Crippen LogP) is 0.277. The SMILES string of the molecule is O=C(O)CCCCC(=O)NCCC(=O)N1CCN(c2ncccn2)CC1. The van der Waals surface area contributed by atoms with Crippen molar-refractivity contribution in [3.63, 3.8) is 0 Å². The molecule has 2 rings (SSSR count). The summed E-state index contributed by atoms with van der Waals surface area (Å²) >= 11 is 0. The van der Waals surface area contributed by atoms with Gasteiger partial charge in [0.2, 0.25) is 17.8 Å². The number of aromatic nitrogens is 2. The molecule has 9 heteroatoms. The number of aliphatic carboxylic acids is 1. The topological polar surface area (TPSA) is 116 Å². The summed E-state index contributed by atoms with van der Waals surface area (Å²) in [7, 11) is 0. The van der Waals surface area contributed by atoms with E-state index in [4.69, 9.17) is 5.11 Å². The van der Waals surface area contributed by atoms with Gasteiger partial charge in [0.15, 0.2) is 0 Å². The molecular weight excluding hydrogens is 338 g/mol. The molecule has 1 aromatic rings.